The normalized spacial score (nSPS) is 16.3. The molecule has 32 heavy (non-hydrogen) atoms. The van der Waals surface area contributed by atoms with Crippen molar-refractivity contribution in [1.29, 1.82) is 0 Å². The largest absolute Gasteiger partial charge is 0.455 e. The van der Waals surface area contributed by atoms with Crippen LogP contribution in [-0.4, -0.2) is 56.1 Å². The number of rotatable bonds is 9. The number of nitrogens with one attached hydrogen (secondary N) is 1. The van der Waals surface area contributed by atoms with Crippen LogP contribution in [0.15, 0.2) is 54.6 Å². The zero-order valence-electron chi connectivity index (χ0n) is 19.4. The molecule has 0 aromatic heterocycles. The van der Waals surface area contributed by atoms with Crippen LogP contribution in [0, 0.1) is 5.92 Å². The minimum atomic E-state index is -0.374. The molecule has 2 unspecified atom stereocenters. The van der Waals surface area contributed by atoms with Crippen LogP contribution >= 0.6 is 0 Å². The minimum Gasteiger partial charge on any atom is -0.455 e. The highest BCUT2D eigenvalue weighted by atomic mass is 16.5. The molecule has 6 nitrogen and oxygen atoms in total. The van der Waals surface area contributed by atoms with Gasteiger partial charge in [-0.05, 0) is 42.3 Å². The van der Waals surface area contributed by atoms with Gasteiger partial charge in [0.05, 0.1) is 5.92 Å². The lowest BCUT2D eigenvalue weighted by Crippen LogP contribution is -2.46. The summed E-state index contributed by atoms with van der Waals surface area (Å²) < 4.78 is 5.39. The fourth-order valence-electron chi connectivity index (χ4n) is 4.09. The highest BCUT2D eigenvalue weighted by molar-refractivity contribution is 5.93. The number of anilines is 2. The number of carbonyl (C=O) groups excluding carboxylic acids is 2. The molecule has 2 atom stereocenters. The van der Waals surface area contributed by atoms with Gasteiger partial charge in [-0.1, -0.05) is 57.5 Å². The molecule has 1 aliphatic rings. The number of nitrogens with zero attached hydrogens (tertiary/aromatic N) is 2. The maximum absolute atomic E-state index is 12.8. The molecule has 1 fully saturated rings. The number of hydrogen-bond acceptors (Lipinski definition) is 5. The van der Waals surface area contributed by atoms with Gasteiger partial charge in [0.1, 0.15) is 0 Å². The number of esters is 1. The molecule has 2 aromatic rings. The van der Waals surface area contributed by atoms with Gasteiger partial charge >= 0.3 is 5.97 Å². The lowest BCUT2D eigenvalue weighted by atomic mass is 9.86. The van der Waals surface area contributed by atoms with Crippen molar-refractivity contribution in [3.63, 3.8) is 0 Å². The third kappa shape index (κ3) is 6.33. The first kappa shape index (κ1) is 23.8. The van der Waals surface area contributed by atoms with Gasteiger partial charge < -0.3 is 19.9 Å². The molecule has 1 aliphatic heterocycles. The van der Waals surface area contributed by atoms with E-state index in [2.05, 4.69) is 22.0 Å². The molecule has 0 aliphatic carbocycles. The number of ether oxygens (including phenoxy) is 1. The summed E-state index contributed by atoms with van der Waals surface area (Å²) in [7, 11) is 0. The first-order valence-electron chi connectivity index (χ1n) is 11.6. The van der Waals surface area contributed by atoms with E-state index in [1.165, 1.54) is 0 Å². The Morgan fingerprint density at radius 2 is 1.62 bits per heavy atom. The smallest absolute Gasteiger partial charge is 0.314 e. The number of amides is 1. The monoisotopic (exact) mass is 437 g/mol. The van der Waals surface area contributed by atoms with E-state index in [0.29, 0.717) is 5.69 Å². The van der Waals surface area contributed by atoms with E-state index in [0.717, 1.165) is 50.4 Å². The Labute approximate surface area is 191 Å². The van der Waals surface area contributed by atoms with E-state index < -0.39 is 0 Å². The zero-order valence-corrected chi connectivity index (χ0v) is 19.4. The first-order chi connectivity index (χ1) is 15.5. The zero-order chi connectivity index (χ0) is 22.9. The Balaban J connectivity index is 1.51. The van der Waals surface area contributed by atoms with Crippen molar-refractivity contribution in [2.24, 2.45) is 5.92 Å². The number of piperazine rings is 1. The van der Waals surface area contributed by atoms with Gasteiger partial charge in [0, 0.05) is 37.6 Å². The lowest BCUT2D eigenvalue weighted by molar-refractivity contribution is -0.150. The Kier molecular flexibility index (Phi) is 8.68. The average Bonchev–Trinajstić information content (AvgIpc) is 2.84. The molecule has 0 spiro atoms. The van der Waals surface area contributed by atoms with Gasteiger partial charge in [0.2, 0.25) is 0 Å². The first-order valence-corrected chi connectivity index (χ1v) is 11.6. The number of benzene rings is 2. The second-order valence-corrected chi connectivity index (χ2v) is 8.40. The SMILES string of the molecule is CCC(C)C(C(=O)OCC(=O)Nc1ccc(N2CCN(CC)CC2)cc1)c1ccccc1. The van der Waals surface area contributed by atoms with E-state index in [4.69, 9.17) is 4.74 Å². The molecule has 0 radical (unpaired) electrons. The van der Waals surface area contributed by atoms with Gasteiger partial charge in [-0.15, -0.1) is 0 Å². The molecule has 0 saturated carbocycles. The van der Waals surface area contributed by atoms with E-state index in [1.807, 2.05) is 68.4 Å². The van der Waals surface area contributed by atoms with Gasteiger partial charge in [0.25, 0.3) is 5.91 Å². The quantitative estimate of drug-likeness (QED) is 0.598. The molecule has 2 aromatic carbocycles. The summed E-state index contributed by atoms with van der Waals surface area (Å²) >= 11 is 0. The molecular weight excluding hydrogens is 402 g/mol. The van der Waals surface area contributed by atoms with Crippen LogP contribution in [-0.2, 0) is 14.3 Å². The van der Waals surface area contributed by atoms with Crippen LogP contribution in [0.5, 0.6) is 0 Å². The maximum atomic E-state index is 12.8. The van der Waals surface area contributed by atoms with Crippen molar-refractivity contribution in [2.75, 3.05) is 49.5 Å². The van der Waals surface area contributed by atoms with Crippen LogP contribution < -0.4 is 10.2 Å². The van der Waals surface area contributed by atoms with E-state index >= 15 is 0 Å². The van der Waals surface area contributed by atoms with E-state index in [1.54, 1.807) is 0 Å². The predicted octanol–water partition coefficient (Wildman–Crippen LogP) is 4.14. The number of hydrogen-bond donors (Lipinski definition) is 1. The van der Waals surface area contributed by atoms with Crippen LogP contribution in [0.3, 0.4) is 0 Å². The fourth-order valence-corrected chi connectivity index (χ4v) is 4.09. The van der Waals surface area contributed by atoms with Crippen LogP contribution in [0.4, 0.5) is 11.4 Å². The lowest BCUT2D eigenvalue weighted by Gasteiger charge is -2.35. The number of likely N-dealkylation sites (N-methyl/N-ethyl adjacent to an activating group) is 1. The van der Waals surface area contributed by atoms with E-state index in [9.17, 15) is 9.59 Å². The second kappa shape index (κ2) is 11.7. The second-order valence-electron chi connectivity index (χ2n) is 8.40. The summed E-state index contributed by atoms with van der Waals surface area (Å²) in [5.74, 6) is -0.943. The van der Waals surface area contributed by atoms with Gasteiger partial charge in [-0.2, -0.15) is 0 Å². The molecule has 6 heteroatoms. The molecule has 1 saturated heterocycles. The fraction of sp³-hybridized carbons (Fsp3) is 0.462. The van der Waals surface area contributed by atoms with Gasteiger partial charge in [-0.25, -0.2) is 0 Å². The van der Waals surface area contributed by atoms with Crippen LogP contribution in [0.25, 0.3) is 0 Å². The maximum Gasteiger partial charge on any atom is 0.314 e. The van der Waals surface area contributed by atoms with Crippen LogP contribution in [0.2, 0.25) is 0 Å². The summed E-state index contributed by atoms with van der Waals surface area (Å²) in [6.07, 6.45) is 0.848. The van der Waals surface area contributed by atoms with Crippen molar-refractivity contribution in [3.05, 3.63) is 60.2 Å². The molecule has 0 bridgehead atoms. The Morgan fingerprint density at radius 3 is 2.22 bits per heavy atom. The van der Waals surface area contributed by atoms with Gasteiger partial charge in [-0.3, -0.25) is 9.59 Å². The third-order valence-corrected chi connectivity index (χ3v) is 6.31. The summed E-state index contributed by atoms with van der Waals surface area (Å²) in [6, 6.07) is 17.5. The van der Waals surface area contributed by atoms with E-state index in [-0.39, 0.29) is 30.3 Å². The van der Waals surface area contributed by atoms with Crippen LogP contribution in [0.1, 0.15) is 38.7 Å². The molecule has 1 amide bonds. The van der Waals surface area contributed by atoms with Crippen molar-refractivity contribution < 1.29 is 14.3 Å². The molecule has 172 valence electrons. The molecular formula is C26H35N3O3. The topological polar surface area (TPSA) is 61.9 Å². The third-order valence-electron chi connectivity index (χ3n) is 6.31. The Bertz CT molecular complexity index is 862. The Morgan fingerprint density at radius 1 is 0.969 bits per heavy atom. The van der Waals surface area contributed by atoms with Crippen molar-refractivity contribution in [1.82, 2.24) is 4.90 Å². The highest BCUT2D eigenvalue weighted by Gasteiger charge is 2.27. The van der Waals surface area contributed by atoms with Gasteiger partial charge in [0.15, 0.2) is 6.61 Å². The standard InChI is InChI=1S/C26H35N3O3/c1-4-20(3)25(21-9-7-6-8-10-21)26(31)32-19-24(30)27-22-11-13-23(14-12-22)29-17-15-28(5-2)16-18-29/h6-14,20,25H,4-5,15-19H2,1-3H3,(H,27,30). The minimum absolute atomic E-state index is 0.125. The summed E-state index contributed by atoms with van der Waals surface area (Å²) in [5, 5.41) is 2.82. The number of carbonyl (C=O) groups is 2. The summed E-state index contributed by atoms with van der Waals surface area (Å²) in [5.41, 5.74) is 2.77. The summed E-state index contributed by atoms with van der Waals surface area (Å²) in [6.45, 7) is 11.2. The molecule has 1 N–H and O–H groups in total. The Hall–Kier alpha value is -2.86. The molecule has 1 heterocycles. The summed E-state index contributed by atoms with van der Waals surface area (Å²) in [4.78, 5) is 29.9. The molecule has 3 rings (SSSR count). The van der Waals surface area contributed by atoms with Crippen molar-refractivity contribution in [3.8, 4) is 0 Å². The highest BCUT2D eigenvalue weighted by Crippen LogP contribution is 2.28. The predicted molar refractivity (Wildman–Crippen MR) is 129 cm³/mol. The van der Waals surface area contributed by atoms with Crippen molar-refractivity contribution >= 4 is 23.3 Å². The van der Waals surface area contributed by atoms with Crippen molar-refractivity contribution in [2.45, 2.75) is 33.1 Å². The average molecular weight is 438 g/mol.